The van der Waals surface area contributed by atoms with E-state index in [0.29, 0.717) is 17.4 Å². The molecule has 0 aliphatic heterocycles. The van der Waals surface area contributed by atoms with Crippen molar-refractivity contribution < 1.29 is 8.78 Å². The van der Waals surface area contributed by atoms with Crippen molar-refractivity contribution in [2.75, 3.05) is 0 Å². The third kappa shape index (κ3) is 2.81. The van der Waals surface area contributed by atoms with Crippen molar-refractivity contribution >= 4 is 5.84 Å². The molecule has 0 bridgehead atoms. The third-order valence-electron chi connectivity index (χ3n) is 5.36. The van der Waals surface area contributed by atoms with Crippen LogP contribution in [0.4, 0.5) is 8.78 Å². The Bertz CT molecular complexity index is 862. The van der Waals surface area contributed by atoms with E-state index in [2.05, 4.69) is 10.3 Å². The molecule has 0 heterocycles. The van der Waals surface area contributed by atoms with E-state index in [0.717, 1.165) is 24.0 Å². The Kier molecular flexibility index (Phi) is 3.82. The molecule has 128 valence electrons. The minimum absolute atomic E-state index is 0.0212. The SMILES string of the molecule is N=C(N=NN)c1cccc(C2Cc3cc(C(F)F)ccc3C3CC23)c1. The minimum atomic E-state index is -2.44. The lowest BCUT2D eigenvalue weighted by atomic mass is 9.79. The molecule has 3 unspecified atom stereocenters. The average Bonchev–Trinajstić information content (AvgIpc) is 3.41. The number of fused-ring (bicyclic) bond motifs is 3. The summed E-state index contributed by atoms with van der Waals surface area (Å²) in [7, 11) is 0. The molecular formula is C19H18F2N4. The monoisotopic (exact) mass is 340 g/mol. The van der Waals surface area contributed by atoms with Gasteiger partial charge in [0.2, 0.25) is 0 Å². The molecule has 2 aliphatic carbocycles. The van der Waals surface area contributed by atoms with Gasteiger partial charge in [0, 0.05) is 11.1 Å². The zero-order chi connectivity index (χ0) is 17.6. The Morgan fingerprint density at radius 1 is 1.16 bits per heavy atom. The fourth-order valence-corrected chi connectivity index (χ4v) is 4.10. The largest absolute Gasteiger partial charge is 0.305 e. The van der Waals surface area contributed by atoms with E-state index in [4.69, 9.17) is 11.3 Å². The molecule has 25 heavy (non-hydrogen) atoms. The van der Waals surface area contributed by atoms with Gasteiger partial charge in [-0.15, -0.1) is 5.11 Å². The van der Waals surface area contributed by atoms with Gasteiger partial charge in [-0.2, -0.15) is 0 Å². The van der Waals surface area contributed by atoms with Crippen LogP contribution in [0.3, 0.4) is 0 Å². The maximum atomic E-state index is 13.0. The lowest BCUT2D eigenvalue weighted by Gasteiger charge is -2.25. The fourth-order valence-electron chi connectivity index (χ4n) is 4.10. The van der Waals surface area contributed by atoms with Crippen LogP contribution >= 0.6 is 0 Å². The molecule has 1 saturated carbocycles. The molecule has 2 aromatic rings. The molecule has 1 fully saturated rings. The maximum absolute atomic E-state index is 13.0. The molecule has 2 aliphatic rings. The number of alkyl halides is 2. The molecule has 3 N–H and O–H groups in total. The van der Waals surface area contributed by atoms with Gasteiger partial charge in [-0.3, -0.25) is 5.41 Å². The maximum Gasteiger partial charge on any atom is 0.263 e. The van der Waals surface area contributed by atoms with Crippen LogP contribution in [0.1, 0.15) is 52.5 Å². The summed E-state index contributed by atoms with van der Waals surface area (Å²) in [5.74, 6) is 6.34. The number of nitrogens with zero attached hydrogens (tertiary/aromatic N) is 2. The van der Waals surface area contributed by atoms with Crippen LogP contribution in [0.25, 0.3) is 0 Å². The van der Waals surface area contributed by atoms with Crippen LogP contribution in [0.5, 0.6) is 0 Å². The summed E-state index contributed by atoms with van der Waals surface area (Å²) in [5, 5.41) is 14.6. The molecule has 6 heteroatoms. The van der Waals surface area contributed by atoms with Crippen LogP contribution in [0.2, 0.25) is 0 Å². The number of amidine groups is 1. The molecule has 0 saturated heterocycles. The lowest BCUT2D eigenvalue weighted by Crippen LogP contribution is -2.14. The number of halogens is 2. The molecule has 0 spiro atoms. The normalized spacial score (nSPS) is 24.2. The van der Waals surface area contributed by atoms with Crippen LogP contribution < -0.4 is 5.84 Å². The van der Waals surface area contributed by atoms with Crippen molar-refractivity contribution in [2.24, 2.45) is 22.1 Å². The molecule has 4 rings (SSSR count). The standard InChI is InChI=1S/C19H18F2N4/c20-18(21)11-4-5-14-13(7-11)8-15(17-9-16(14)17)10-2-1-3-12(6-10)19(22)24-25-23/h1-7,15-18H,8-9H2,(H3,22,23,24). The fraction of sp³-hybridized carbons (Fsp3) is 0.316. The second kappa shape index (κ2) is 6.02. The predicted octanol–water partition coefficient (Wildman–Crippen LogP) is 4.72. The number of benzene rings is 2. The highest BCUT2D eigenvalue weighted by atomic mass is 19.3. The van der Waals surface area contributed by atoms with Gasteiger partial charge >= 0.3 is 0 Å². The Labute approximate surface area is 144 Å². The van der Waals surface area contributed by atoms with Crippen molar-refractivity contribution in [1.29, 1.82) is 5.41 Å². The van der Waals surface area contributed by atoms with Crippen molar-refractivity contribution in [2.45, 2.75) is 31.1 Å². The zero-order valence-electron chi connectivity index (χ0n) is 13.5. The highest BCUT2D eigenvalue weighted by Gasteiger charge is 2.48. The van der Waals surface area contributed by atoms with Gasteiger partial charge in [-0.1, -0.05) is 35.6 Å². The molecule has 3 atom stereocenters. The number of hydrogen-bond donors (Lipinski definition) is 2. The van der Waals surface area contributed by atoms with E-state index in [9.17, 15) is 8.78 Å². The van der Waals surface area contributed by atoms with Crippen LogP contribution in [-0.2, 0) is 6.42 Å². The Balaban J connectivity index is 1.66. The highest BCUT2D eigenvalue weighted by molar-refractivity contribution is 5.96. The Morgan fingerprint density at radius 2 is 2.00 bits per heavy atom. The summed E-state index contributed by atoms with van der Waals surface area (Å²) in [6.45, 7) is 0. The van der Waals surface area contributed by atoms with Crippen molar-refractivity contribution in [3.8, 4) is 0 Å². The van der Waals surface area contributed by atoms with Gasteiger partial charge in [0.25, 0.3) is 6.43 Å². The first-order valence-electron chi connectivity index (χ1n) is 8.29. The summed E-state index contributed by atoms with van der Waals surface area (Å²) >= 11 is 0. The summed E-state index contributed by atoms with van der Waals surface area (Å²) in [4.78, 5) is 0. The quantitative estimate of drug-likeness (QED) is 0.274. The molecule has 0 amide bonds. The van der Waals surface area contributed by atoms with Gasteiger partial charge in [0.15, 0.2) is 5.84 Å². The van der Waals surface area contributed by atoms with Gasteiger partial charge in [-0.25, -0.2) is 8.78 Å². The van der Waals surface area contributed by atoms with E-state index in [1.165, 1.54) is 5.56 Å². The first kappa shape index (κ1) is 15.9. The van der Waals surface area contributed by atoms with E-state index in [1.807, 2.05) is 24.3 Å². The smallest absolute Gasteiger partial charge is 0.263 e. The summed E-state index contributed by atoms with van der Waals surface area (Å²) in [5.41, 5.74) is 4.14. The summed E-state index contributed by atoms with van der Waals surface area (Å²) < 4.78 is 26.1. The number of hydrogen-bond acceptors (Lipinski definition) is 2. The third-order valence-corrected chi connectivity index (χ3v) is 5.36. The van der Waals surface area contributed by atoms with E-state index in [1.54, 1.807) is 18.2 Å². The van der Waals surface area contributed by atoms with Gasteiger partial charge in [0.1, 0.15) is 0 Å². The van der Waals surface area contributed by atoms with Gasteiger partial charge < -0.3 is 5.84 Å². The van der Waals surface area contributed by atoms with E-state index >= 15 is 0 Å². The topological polar surface area (TPSA) is 74.6 Å². The lowest BCUT2D eigenvalue weighted by molar-refractivity contribution is 0.151. The number of nitrogens with one attached hydrogen (secondary N) is 1. The Hall–Kier alpha value is -2.63. The van der Waals surface area contributed by atoms with E-state index in [-0.39, 0.29) is 17.3 Å². The molecule has 0 radical (unpaired) electrons. The van der Waals surface area contributed by atoms with Crippen molar-refractivity contribution in [1.82, 2.24) is 0 Å². The summed E-state index contributed by atoms with van der Waals surface area (Å²) in [6.07, 6.45) is -0.589. The second-order valence-corrected chi connectivity index (χ2v) is 6.77. The predicted molar refractivity (Wildman–Crippen MR) is 91.0 cm³/mol. The minimum Gasteiger partial charge on any atom is -0.305 e. The molecule has 0 aromatic heterocycles. The first-order chi connectivity index (χ1) is 12.1. The van der Waals surface area contributed by atoms with Crippen molar-refractivity contribution in [3.05, 3.63) is 70.3 Å². The van der Waals surface area contributed by atoms with Crippen LogP contribution in [0, 0.1) is 11.3 Å². The number of nitrogens with two attached hydrogens (primary N) is 1. The molecule has 4 nitrogen and oxygen atoms in total. The second-order valence-electron chi connectivity index (χ2n) is 6.77. The first-order valence-corrected chi connectivity index (χ1v) is 8.29. The molecular weight excluding hydrogens is 322 g/mol. The van der Waals surface area contributed by atoms with Crippen LogP contribution in [-0.4, -0.2) is 5.84 Å². The summed E-state index contributed by atoms with van der Waals surface area (Å²) in [6, 6.07) is 12.8. The Morgan fingerprint density at radius 3 is 2.76 bits per heavy atom. The zero-order valence-corrected chi connectivity index (χ0v) is 13.5. The van der Waals surface area contributed by atoms with E-state index < -0.39 is 6.43 Å². The highest BCUT2D eigenvalue weighted by Crippen LogP contribution is 2.60. The van der Waals surface area contributed by atoms with Crippen molar-refractivity contribution in [3.63, 3.8) is 0 Å². The van der Waals surface area contributed by atoms with Crippen LogP contribution in [0.15, 0.2) is 52.8 Å². The number of rotatable bonds is 3. The average molecular weight is 340 g/mol. The van der Waals surface area contributed by atoms with Gasteiger partial charge in [-0.05, 0) is 59.4 Å². The molecule has 2 aromatic carbocycles. The van der Waals surface area contributed by atoms with Gasteiger partial charge in [0.05, 0.1) is 0 Å².